The monoisotopic (exact) mass is 339 g/mol. The maximum atomic E-state index is 10.8. The Labute approximate surface area is 148 Å². The maximum absolute atomic E-state index is 10.8. The molecule has 25 heavy (non-hydrogen) atoms. The van der Waals surface area contributed by atoms with Crippen LogP contribution in [-0.2, 0) is 10.2 Å². The summed E-state index contributed by atoms with van der Waals surface area (Å²) in [7, 11) is 0. The third kappa shape index (κ3) is 4.07. The second-order valence-electron chi connectivity index (χ2n) is 7.29. The zero-order chi connectivity index (χ0) is 17.9. The number of anilines is 3. The Bertz CT molecular complexity index is 733. The van der Waals surface area contributed by atoms with Crippen LogP contribution in [0.2, 0.25) is 0 Å². The van der Waals surface area contributed by atoms with Crippen molar-refractivity contribution in [3.8, 4) is 0 Å². The average molecular weight is 339 g/mol. The summed E-state index contributed by atoms with van der Waals surface area (Å²) in [5.74, 6) is 1.48. The standard InChI is InChI=1S/C19H25N5O/c1-19(2,3)15-6-4-5-7-16(15)21-18-20-9-8-17(22-18)24-12-10-23(14-25)11-13-24/h4-9,14H,10-13H2,1-3H3,(H,20,21,22). The van der Waals surface area contributed by atoms with Gasteiger partial charge in [-0.25, -0.2) is 4.98 Å². The number of benzene rings is 1. The van der Waals surface area contributed by atoms with Gasteiger partial charge in [0.2, 0.25) is 12.4 Å². The Kier molecular flexibility index (Phi) is 4.88. The van der Waals surface area contributed by atoms with Crippen molar-refractivity contribution in [2.24, 2.45) is 0 Å². The van der Waals surface area contributed by atoms with Crippen LogP contribution in [0.3, 0.4) is 0 Å². The number of amides is 1. The van der Waals surface area contributed by atoms with Gasteiger partial charge >= 0.3 is 0 Å². The fourth-order valence-corrected chi connectivity index (χ4v) is 3.01. The van der Waals surface area contributed by atoms with E-state index >= 15 is 0 Å². The van der Waals surface area contributed by atoms with E-state index in [1.54, 1.807) is 11.1 Å². The van der Waals surface area contributed by atoms with Crippen molar-refractivity contribution in [3.63, 3.8) is 0 Å². The summed E-state index contributed by atoms with van der Waals surface area (Å²) in [6, 6.07) is 10.2. The van der Waals surface area contributed by atoms with Gasteiger partial charge < -0.3 is 15.1 Å². The van der Waals surface area contributed by atoms with Gasteiger partial charge in [0.25, 0.3) is 0 Å². The number of hydrogen-bond acceptors (Lipinski definition) is 5. The van der Waals surface area contributed by atoms with Gasteiger partial charge in [0, 0.05) is 38.1 Å². The fraction of sp³-hybridized carbons (Fsp3) is 0.421. The molecule has 0 spiro atoms. The van der Waals surface area contributed by atoms with E-state index in [0.717, 1.165) is 44.1 Å². The van der Waals surface area contributed by atoms with Crippen LogP contribution in [-0.4, -0.2) is 47.5 Å². The summed E-state index contributed by atoms with van der Waals surface area (Å²) in [5, 5.41) is 3.36. The highest BCUT2D eigenvalue weighted by molar-refractivity contribution is 5.61. The molecule has 0 unspecified atom stereocenters. The highest BCUT2D eigenvalue weighted by Gasteiger charge is 2.19. The summed E-state index contributed by atoms with van der Waals surface area (Å²) in [6.45, 7) is 9.60. The van der Waals surface area contributed by atoms with Crippen LogP contribution in [0, 0.1) is 0 Å². The normalized spacial score (nSPS) is 15.2. The molecular formula is C19H25N5O. The Morgan fingerprint density at radius 1 is 1.08 bits per heavy atom. The first-order valence-corrected chi connectivity index (χ1v) is 8.61. The third-order valence-electron chi connectivity index (χ3n) is 4.41. The van der Waals surface area contributed by atoms with Crippen molar-refractivity contribution in [3.05, 3.63) is 42.1 Å². The number of hydrogen-bond donors (Lipinski definition) is 1. The molecule has 6 nitrogen and oxygen atoms in total. The predicted octanol–water partition coefficient (Wildman–Crippen LogP) is 2.80. The molecule has 1 aromatic heterocycles. The largest absolute Gasteiger partial charge is 0.353 e. The molecule has 132 valence electrons. The molecule has 1 aromatic carbocycles. The molecule has 2 aromatic rings. The summed E-state index contributed by atoms with van der Waals surface area (Å²) >= 11 is 0. The van der Waals surface area contributed by atoms with Gasteiger partial charge in [0.1, 0.15) is 5.82 Å². The zero-order valence-electron chi connectivity index (χ0n) is 15.1. The zero-order valence-corrected chi connectivity index (χ0v) is 15.1. The van der Waals surface area contributed by atoms with E-state index in [4.69, 9.17) is 0 Å². The van der Waals surface area contributed by atoms with Crippen molar-refractivity contribution in [1.29, 1.82) is 0 Å². The number of aromatic nitrogens is 2. The number of carbonyl (C=O) groups is 1. The molecule has 1 fully saturated rings. The van der Waals surface area contributed by atoms with E-state index in [1.807, 2.05) is 12.1 Å². The minimum atomic E-state index is 0.0341. The molecular weight excluding hydrogens is 314 g/mol. The summed E-state index contributed by atoms with van der Waals surface area (Å²) in [4.78, 5) is 23.8. The molecule has 3 rings (SSSR count). The van der Waals surface area contributed by atoms with Crippen LogP contribution in [0.1, 0.15) is 26.3 Å². The molecule has 2 heterocycles. The highest BCUT2D eigenvalue weighted by atomic mass is 16.1. The van der Waals surface area contributed by atoms with E-state index in [0.29, 0.717) is 5.95 Å². The molecule has 0 saturated carbocycles. The lowest BCUT2D eigenvalue weighted by Crippen LogP contribution is -2.46. The lowest BCUT2D eigenvalue weighted by molar-refractivity contribution is -0.118. The SMILES string of the molecule is CC(C)(C)c1ccccc1Nc1nccc(N2CCN(C=O)CC2)n1. The smallest absolute Gasteiger partial charge is 0.229 e. The summed E-state index contributed by atoms with van der Waals surface area (Å²) < 4.78 is 0. The minimum Gasteiger partial charge on any atom is -0.353 e. The highest BCUT2D eigenvalue weighted by Crippen LogP contribution is 2.30. The Balaban J connectivity index is 1.78. The van der Waals surface area contributed by atoms with E-state index < -0.39 is 0 Å². The van der Waals surface area contributed by atoms with Crippen molar-refractivity contribution in [1.82, 2.24) is 14.9 Å². The Morgan fingerprint density at radius 2 is 1.80 bits per heavy atom. The molecule has 6 heteroatoms. The predicted molar refractivity (Wildman–Crippen MR) is 100 cm³/mol. The van der Waals surface area contributed by atoms with E-state index in [9.17, 15) is 4.79 Å². The van der Waals surface area contributed by atoms with Crippen LogP contribution in [0.25, 0.3) is 0 Å². The number of piperazine rings is 1. The first kappa shape index (κ1) is 17.2. The van der Waals surface area contributed by atoms with E-state index in [-0.39, 0.29) is 5.41 Å². The number of rotatable bonds is 4. The second-order valence-corrected chi connectivity index (χ2v) is 7.29. The van der Waals surface area contributed by atoms with Crippen molar-refractivity contribution in [2.75, 3.05) is 36.4 Å². The number of nitrogens with one attached hydrogen (secondary N) is 1. The molecule has 0 bridgehead atoms. The van der Waals surface area contributed by atoms with Gasteiger partial charge in [0.15, 0.2) is 0 Å². The van der Waals surface area contributed by atoms with E-state index in [1.165, 1.54) is 5.56 Å². The quantitative estimate of drug-likeness (QED) is 0.868. The molecule has 0 radical (unpaired) electrons. The first-order chi connectivity index (χ1) is 12.0. The molecule has 0 aliphatic carbocycles. The van der Waals surface area contributed by atoms with E-state index in [2.05, 4.69) is 59.2 Å². The van der Waals surface area contributed by atoms with Gasteiger partial charge in [-0.2, -0.15) is 4.98 Å². The van der Waals surface area contributed by atoms with Crippen LogP contribution >= 0.6 is 0 Å². The van der Waals surface area contributed by atoms with Gasteiger partial charge in [-0.1, -0.05) is 39.0 Å². The van der Waals surface area contributed by atoms with Gasteiger partial charge in [-0.3, -0.25) is 4.79 Å². The van der Waals surface area contributed by atoms with Crippen LogP contribution in [0.15, 0.2) is 36.5 Å². The van der Waals surface area contributed by atoms with Gasteiger partial charge in [0.05, 0.1) is 0 Å². The molecule has 1 aliphatic heterocycles. The summed E-state index contributed by atoms with van der Waals surface area (Å²) in [6.07, 6.45) is 2.68. The second kappa shape index (κ2) is 7.09. The van der Waals surface area contributed by atoms with Crippen LogP contribution in [0.4, 0.5) is 17.5 Å². The Hall–Kier alpha value is -2.63. The van der Waals surface area contributed by atoms with Gasteiger partial charge in [-0.15, -0.1) is 0 Å². The van der Waals surface area contributed by atoms with Crippen LogP contribution in [0.5, 0.6) is 0 Å². The summed E-state index contributed by atoms with van der Waals surface area (Å²) in [5.41, 5.74) is 2.29. The fourth-order valence-electron chi connectivity index (χ4n) is 3.01. The molecule has 1 saturated heterocycles. The average Bonchev–Trinajstić information content (AvgIpc) is 2.62. The molecule has 1 amide bonds. The third-order valence-corrected chi connectivity index (χ3v) is 4.41. The van der Waals surface area contributed by atoms with Crippen molar-refractivity contribution >= 4 is 23.9 Å². The van der Waals surface area contributed by atoms with Crippen LogP contribution < -0.4 is 10.2 Å². The van der Waals surface area contributed by atoms with Crippen molar-refractivity contribution in [2.45, 2.75) is 26.2 Å². The van der Waals surface area contributed by atoms with Crippen molar-refractivity contribution < 1.29 is 4.79 Å². The molecule has 1 aliphatic rings. The topological polar surface area (TPSA) is 61.4 Å². The number of para-hydroxylation sites is 1. The lowest BCUT2D eigenvalue weighted by Gasteiger charge is -2.33. The lowest BCUT2D eigenvalue weighted by atomic mass is 9.86. The first-order valence-electron chi connectivity index (χ1n) is 8.61. The number of carbonyl (C=O) groups excluding carboxylic acids is 1. The molecule has 1 N–H and O–H groups in total. The molecule has 0 atom stereocenters. The number of nitrogens with zero attached hydrogens (tertiary/aromatic N) is 4. The maximum Gasteiger partial charge on any atom is 0.229 e. The Morgan fingerprint density at radius 3 is 2.48 bits per heavy atom. The van der Waals surface area contributed by atoms with Gasteiger partial charge in [-0.05, 0) is 23.1 Å². The minimum absolute atomic E-state index is 0.0341.